The lowest BCUT2D eigenvalue weighted by Crippen LogP contribution is -2.38. The molecule has 9 nitrogen and oxygen atoms in total. The standard InChI is InChI=1S/C23H22ClN3O6/c1-33-17-8-6-14(7-9-17)13-27-20(23(31)32)12-19(26-27)22(30)25-16(11-21(28)29)10-15-4-2-3-5-18(15)24/h2-9,12,16H,10-11,13H2,1H3,(H,25,30)(H,28,29)(H,31,32)/t16-/m1/s1. The van der Waals surface area contributed by atoms with E-state index in [0.29, 0.717) is 16.3 Å². The Hall–Kier alpha value is -3.85. The Bertz CT molecular complexity index is 1160. The van der Waals surface area contributed by atoms with Gasteiger partial charge in [0.25, 0.3) is 5.91 Å². The van der Waals surface area contributed by atoms with Crippen molar-refractivity contribution in [2.45, 2.75) is 25.4 Å². The lowest BCUT2D eigenvalue weighted by molar-refractivity contribution is -0.137. The summed E-state index contributed by atoms with van der Waals surface area (Å²) in [5.74, 6) is -2.36. The Balaban J connectivity index is 1.80. The molecule has 172 valence electrons. The van der Waals surface area contributed by atoms with Crippen molar-refractivity contribution >= 4 is 29.4 Å². The molecule has 1 atom stereocenters. The Morgan fingerprint density at radius 1 is 1.12 bits per heavy atom. The molecular formula is C23H22ClN3O6. The van der Waals surface area contributed by atoms with E-state index in [1.54, 1.807) is 55.6 Å². The van der Waals surface area contributed by atoms with Gasteiger partial charge in [-0.25, -0.2) is 4.79 Å². The molecule has 0 fully saturated rings. The largest absolute Gasteiger partial charge is 0.497 e. The maximum absolute atomic E-state index is 12.8. The van der Waals surface area contributed by atoms with Gasteiger partial charge in [-0.2, -0.15) is 5.10 Å². The zero-order valence-electron chi connectivity index (χ0n) is 17.7. The summed E-state index contributed by atoms with van der Waals surface area (Å²) in [7, 11) is 1.54. The highest BCUT2D eigenvalue weighted by molar-refractivity contribution is 6.31. The van der Waals surface area contributed by atoms with E-state index in [9.17, 15) is 24.6 Å². The average molecular weight is 472 g/mol. The van der Waals surface area contributed by atoms with Gasteiger partial charge in [0.05, 0.1) is 20.1 Å². The molecule has 33 heavy (non-hydrogen) atoms. The number of nitrogens with one attached hydrogen (secondary N) is 1. The van der Waals surface area contributed by atoms with Crippen molar-refractivity contribution in [1.29, 1.82) is 0 Å². The molecule has 1 heterocycles. The van der Waals surface area contributed by atoms with Crippen LogP contribution < -0.4 is 10.1 Å². The van der Waals surface area contributed by atoms with Crippen LogP contribution in [0.1, 0.15) is 38.5 Å². The number of carbonyl (C=O) groups is 3. The van der Waals surface area contributed by atoms with Crippen LogP contribution in [0.4, 0.5) is 0 Å². The maximum Gasteiger partial charge on any atom is 0.354 e. The number of nitrogens with zero attached hydrogens (tertiary/aromatic N) is 2. The minimum atomic E-state index is -1.24. The summed E-state index contributed by atoms with van der Waals surface area (Å²) in [6.07, 6.45) is -0.147. The van der Waals surface area contributed by atoms with Crippen LogP contribution in [-0.2, 0) is 17.8 Å². The van der Waals surface area contributed by atoms with E-state index >= 15 is 0 Å². The van der Waals surface area contributed by atoms with Crippen molar-refractivity contribution in [3.8, 4) is 5.75 Å². The van der Waals surface area contributed by atoms with Gasteiger partial charge in [0.1, 0.15) is 11.4 Å². The fraction of sp³-hybridized carbons (Fsp3) is 0.217. The predicted molar refractivity (Wildman–Crippen MR) is 120 cm³/mol. The molecule has 3 N–H and O–H groups in total. The summed E-state index contributed by atoms with van der Waals surface area (Å²) in [6.45, 7) is 0.122. The second kappa shape index (κ2) is 10.6. The van der Waals surface area contributed by atoms with Gasteiger partial charge in [-0.05, 0) is 35.7 Å². The molecule has 0 aliphatic heterocycles. The fourth-order valence-corrected chi connectivity index (χ4v) is 3.51. The molecule has 0 spiro atoms. The number of aromatic nitrogens is 2. The molecule has 0 saturated carbocycles. The van der Waals surface area contributed by atoms with Gasteiger partial charge in [-0.3, -0.25) is 14.3 Å². The molecule has 2 aromatic carbocycles. The molecule has 0 bridgehead atoms. The number of carbonyl (C=O) groups excluding carboxylic acids is 1. The SMILES string of the molecule is COc1ccc(Cn2nc(C(=O)N[C@@H](CC(=O)O)Cc3ccccc3Cl)cc2C(=O)O)cc1. The fourth-order valence-electron chi connectivity index (χ4n) is 3.30. The topological polar surface area (TPSA) is 131 Å². The van der Waals surface area contributed by atoms with Gasteiger partial charge in [-0.15, -0.1) is 0 Å². The molecular weight excluding hydrogens is 450 g/mol. The molecule has 10 heteroatoms. The van der Waals surface area contributed by atoms with Crippen molar-refractivity contribution in [3.63, 3.8) is 0 Å². The first-order valence-corrected chi connectivity index (χ1v) is 10.3. The Morgan fingerprint density at radius 3 is 2.42 bits per heavy atom. The number of hydrogen-bond donors (Lipinski definition) is 3. The Morgan fingerprint density at radius 2 is 1.82 bits per heavy atom. The number of benzene rings is 2. The summed E-state index contributed by atoms with van der Waals surface area (Å²) in [4.78, 5) is 35.8. The number of aromatic carboxylic acids is 1. The van der Waals surface area contributed by atoms with Crippen molar-refractivity contribution in [1.82, 2.24) is 15.1 Å². The third-order valence-electron chi connectivity index (χ3n) is 4.90. The van der Waals surface area contributed by atoms with E-state index in [1.165, 1.54) is 4.68 Å². The smallest absolute Gasteiger partial charge is 0.354 e. The van der Waals surface area contributed by atoms with E-state index in [-0.39, 0.29) is 30.8 Å². The summed E-state index contributed by atoms with van der Waals surface area (Å²) in [5.41, 5.74) is 1.14. The molecule has 3 rings (SSSR count). The first kappa shape index (κ1) is 23.8. The van der Waals surface area contributed by atoms with Crippen LogP contribution in [0, 0.1) is 0 Å². The zero-order valence-corrected chi connectivity index (χ0v) is 18.5. The normalized spacial score (nSPS) is 11.6. The highest BCUT2D eigenvalue weighted by Gasteiger charge is 2.23. The number of methoxy groups -OCH3 is 1. The number of carboxylic acids is 2. The van der Waals surface area contributed by atoms with Crippen molar-refractivity contribution in [2.75, 3.05) is 7.11 Å². The molecule has 0 radical (unpaired) electrons. The van der Waals surface area contributed by atoms with Crippen LogP contribution in [0.5, 0.6) is 5.75 Å². The highest BCUT2D eigenvalue weighted by Crippen LogP contribution is 2.18. The molecule has 1 amide bonds. The van der Waals surface area contributed by atoms with E-state index in [4.69, 9.17) is 16.3 Å². The van der Waals surface area contributed by atoms with Gasteiger partial charge in [0, 0.05) is 17.1 Å². The van der Waals surface area contributed by atoms with Crippen molar-refractivity contribution < 1.29 is 29.3 Å². The van der Waals surface area contributed by atoms with Gasteiger partial charge in [0.15, 0.2) is 5.69 Å². The molecule has 0 aliphatic rings. The predicted octanol–water partition coefficient (Wildman–Crippen LogP) is 3.11. The van der Waals surface area contributed by atoms with Crippen molar-refractivity contribution in [3.05, 3.63) is 82.1 Å². The second-order valence-corrected chi connectivity index (χ2v) is 7.70. The van der Waals surface area contributed by atoms with Gasteiger partial charge in [0.2, 0.25) is 0 Å². The molecule has 0 aliphatic carbocycles. The number of hydrogen-bond acceptors (Lipinski definition) is 5. The van der Waals surface area contributed by atoms with Gasteiger partial charge in [-0.1, -0.05) is 41.9 Å². The van der Waals surface area contributed by atoms with Crippen LogP contribution in [0.25, 0.3) is 0 Å². The second-order valence-electron chi connectivity index (χ2n) is 7.29. The number of halogens is 1. The molecule has 1 aromatic heterocycles. The van der Waals surface area contributed by atoms with Crippen LogP contribution in [-0.4, -0.2) is 51.0 Å². The van der Waals surface area contributed by atoms with E-state index in [2.05, 4.69) is 10.4 Å². The van der Waals surface area contributed by atoms with Gasteiger partial charge < -0.3 is 20.3 Å². The molecule has 0 unspecified atom stereocenters. The quantitative estimate of drug-likeness (QED) is 0.414. The lowest BCUT2D eigenvalue weighted by atomic mass is 10.0. The summed E-state index contributed by atoms with van der Waals surface area (Å²) < 4.78 is 6.32. The number of amides is 1. The van der Waals surface area contributed by atoms with Crippen LogP contribution in [0.3, 0.4) is 0 Å². The van der Waals surface area contributed by atoms with Crippen LogP contribution in [0.15, 0.2) is 54.6 Å². The van der Waals surface area contributed by atoms with E-state index in [0.717, 1.165) is 11.6 Å². The number of ether oxygens (including phenoxy) is 1. The zero-order chi connectivity index (χ0) is 24.0. The van der Waals surface area contributed by atoms with E-state index in [1.807, 2.05) is 0 Å². The van der Waals surface area contributed by atoms with Crippen LogP contribution >= 0.6 is 11.6 Å². The molecule has 3 aromatic rings. The number of aliphatic carboxylic acids is 1. The van der Waals surface area contributed by atoms with Crippen molar-refractivity contribution in [2.24, 2.45) is 0 Å². The maximum atomic E-state index is 12.8. The third kappa shape index (κ3) is 6.33. The minimum Gasteiger partial charge on any atom is -0.497 e. The number of carboxylic acid groups (broad SMARTS) is 2. The van der Waals surface area contributed by atoms with Gasteiger partial charge >= 0.3 is 11.9 Å². The van der Waals surface area contributed by atoms with Crippen LogP contribution in [0.2, 0.25) is 5.02 Å². The Labute approximate surface area is 194 Å². The first-order valence-electron chi connectivity index (χ1n) is 9.97. The lowest BCUT2D eigenvalue weighted by Gasteiger charge is -2.17. The summed E-state index contributed by atoms with van der Waals surface area (Å²) >= 11 is 6.16. The van der Waals surface area contributed by atoms with E-state index < -0.39 is 23.9 Å². The summed E-state index contributed by atoms with van der Waals surface area (Å²) in [5, 5.41) is 26.0. The monoisotopic (exact) mass is 471 g/mol. The minimum absolute atomic E-state index is 0.122. The third-order valence-corrected chi connectivity index (χ3v) is 5.27. The highest BCUT2D eigenvalue weighted by atomic mass is 35.5. The Kier molecular flexibility index (Phi) is 7.68. The number of rotatable bonds is 10. The first-order chi connectivity index (χ1) is 15.8. The molecule has 0 saturated heterocycles. The average Bonchev–Trinajstić information content (AvgIpc) is 3.20. The summed E-state index contributed by atoms with van der Waals surface area (Å²) in [6, 6.07) is 14.3.